The van der Waals surface area contributed by atoms with E-state index in [1.54, 1.807) is 6.33 Å². The molecule has 7 nitrogen and oxygen atoms in total. The molecule has 0 atom stereocenters. The number of rotatable bonds is 6. The quantitative estimate of drug-likeness (QED) is 0.618. The summed E-state index contributed by atoms with van der Waals surface area (Å²) in [5.41, 5.74) is 3.96. The van der Waals surface area contributed by atoms with E-state index in [-0.39, 0.29) is 17.9 Å². The van der Waals surface area contributed by atoms with Crippen LogP contribution in [0.15, 0.2) is 29.3 Å². The maximum atomic E-state index is 12.8. The van der Waals surface area contributed by atoms with Crippen LogP contribution < -0.4 is 15.8 Å². The molecule has 3 heterocycles. The van der Waals surface area contributed by atoms with Gasteiger partial charge in [0.15, 0.2) is 0 Å². The van der Waals surface area contributed by atoms with Crippen molar-refractivity contribution in [3.63, 3.8) is 0 Å². The van der Waals surface area contributed by atoms with Crippen LogP contribution in [-0.4, -0.2) is 53.1 Å². The van der Waals surface area contributed by atoms with Crippen molar-refractivity contribution in [1.82, 2.24) is 14.5 Å². The smallest absolute Gasteiger partial charge is 0.262 e. The number of aryl methyl sites for hydroxylation is 4. The number of hydrogen-bond acceptors (Lipinski definition) is 6. The second kappa shape index (κ2) is 9.42. The monoisotopic (exact) mass is 453 g/mol. The molecule has 0 unspecified atom stereocenters. The van der Waals surface area contributed by atoms with Crippen LogP contribution in [0.2, 0.25) is 0 Å². The van der Waals surface area contributed by atoms with Gasteiger partial charge in [-0.2, -0.15) is 0 Å². The Bertz CT molecular complexity index is 1190. The molecule has 32 heavy (non-hydrogen) atoms. The lowest BCUT2D eigenvalue weighted by atomic mass is 10.1. The molecule has 1 amide bonds. The molecule has 3 aromatic rings. The van der Waals surface area contributed by atoms with Crippen LogP contribution in [0.1, 0.15) is 29.3 Å². The first-order valence-corrected chi connectivity index (χ1v) is 12.0. The van der Waals surface area contributed by atoms with Gasteiger partial charge in [0, 0.05) is 55.4 Å². The highest BCUT2D eigenvalue weighted by Crippen LogP contribution is 2.26. The number of carbonyl (C=O) groups excluding carboxylic acids is 1. The normalized spacial score (nSPS) is 14.8. The van der Waals surface area contributed by atoms with E-state index in [2.05, 4.69) is 39.2 Å². The Labute approximate surface area is 192 Å². The predicted molar refractivity (Wildman–Crippen MR) is 132 cm³/mol. The van der Waals surface area contributed by atoms with E-state index in [1.807, 2.05) is 26.8 Å². The van der Waals surface area contributed by atoms with E-state index < -0.39 is 0 Å². The molecule has 1 aliphatic rings. The third kappa shape index (κ3) is 4.56. The van der Waals surface area contributed by atoms with Gasteiger partial charge >= 0.3 is 0 Å². The molecule has 1 N–H and O–H groups in total. The lowest BCUT2D eigenvalue weighted by Crippen LogP contribution is -2.46. The number of piperazine rings is 1. The van der Waals surface area contributed by atoms with Crippen molar-refractivity contribution in [2.45, 2.75) is 40.7 Å². The zero-order valence-corrected chi connectivity index (χ0v) is 20.1. The van der Waals surface area contributed by atoms with Crippen LogP contribution in [-0.2, 0) is 11.3 Å². The Balaban J connectivity index is 1.38. The molecule has 1 aromatic carbocycles. The van der Waals surface area contributed by atoms with Gasteiger partial charge in [-0.05, 0) is 56.6 Å². The van der Waals surface area contributed by atoms with E-state index >= 15 is 0 Å². The first-order valence-electron chi connectivity index (χ1n) is 11.2. The molecule has 4 rings (SSSR count). The number of amides is 1. The summed E-state index contributed by atoms with van der Waals surface area (Å²) in [7, 11) is 0. The number of likely N-dealkylation sites (N-methyl/N-ethyl adjacent to an activating group) is 1. The summed E-state index contributed by atoms with van der Waals surface area (Å²) in [5, 5.41) is 3.67. The first kappa shape index (κ1) is 22.5. The minimum Gasteiger partial charge on any atom is -0.369 e. The Hall–Kier alpha value is -2.71. The van der Waals surface area contributed by atoms with Crippen molar-refractivity contribution in [3.8, 4) is 0 Å². The third-order valence-corrected chi connectivity index (χ3v) is 7.52. The molecule has 0 saturated carbocycles. The highest BCUT2D eigenvalue weighted by Gasteiger charge is 2.17. The molecule has 0 radical (unpaired) electrons. The number of carbonyl (C=O) groups is 1. The number of fused-ring (bicyclic) bond motifs is 1. The van der Waals surface area contributed by atoms with Gasteiger partial charge in [0.1, 0.15) is 4.83 Å². The molecule has 1 fully saturated rings. The van der Waals surface area contributed by atoms with Crippen molar-refractivity contribution in [3.05, 3.63) is 50.9 Å². The molecule has 170 valence electrons. The number of nitrogens with zero attached hydrogens (tertiary/aromatic N) is 4. The SMILES string of the molecule is CCN1CCN(c2ccc(NC(=O)CCn3cnc4sc(C)c(C)c4c3=O)c(C)c2)CC1. The van der Waals surface area contributed by atoms with Gasteiger partial charge in [-0.3, -0.25) is 14.2 Å². The Kier molecular flexibility index (Phi) is 6.62. The van der Waals surface area contributed by atoms with E-state index in [0.29, 0.717) is 11.9 Å². The second-order valence-corrected chi connectivity index (χ2v) is 9.63. The Morgan fingerprint density at radius 2 is 1.91 bits per heavy atom. The van der Waals surface area contributed by atoms with Gasteiger partial charge in [-0.1, -0.05) is 6.92 Å². The highest BCUT2D eigenvalue weighted by molar-refractivity contribution is 7.18. The molecule has 1 saturated heterocycles. The van der Waals surface area contributed by atoms with E-state index in [1.165, 1.54) is 21.6 Å². The highest BCUT2D eigenvalue weighted by atomic mass is 32.1. The number of hydrogen-bond donors (Lipinski definition) is 1. The number of thiophene rings is 1. The van der Waals surface area contributed by atoms with Crippen molar-refractivity contribution < 1.29 is 4.79 Å². The minimum atomic E-state index is -0.109. The van der Waals surface area contributed by atoms with E-state index in [0.717, 1.165) is 59.2 Å². The minimum absolute atomic E-state index is 0.0756. The Morgan fingerprint density at radius 1 is 1.16 bits per heavy atom. The largest absolute Gasteiger partial charge is 0.369 e. The molecule has 2 aromatic heterocycles. The van der Waals surface area contributed by atoms with Crippen molar-refractivity contribution >= 4 is 38.8 Å². The van der Waals surface area contributed by atoms with Crippen LogP contribution in [0.5, 0.6) is 0 Å². The summed E-state index contributed by atoms with van der Waals surface area (Å²) in [5.74, 6) is -0.109. The molecule has 1 aliphatic heterocycles. The Morgan fingerprint density at radius 3 is 2.59 bits per heavy atom. The number of benzene rings is 1. The van der Waals surface area contributed by atoms with Crippen molar-refractivity contribution in [1.29, 1.82) is 0 Å². The summed E-state index contributed by atoms with van der Waals surface area (Å²) in [6, 6.07) is 6.20. The molecule has 0 spiro atoms. The van der Waals surface area contributed by atoms with Crippen LogP contribution >= 0.6 is 11.3 Å². The summed E-state index contributed by atoms with van der Waals surface area (Å²) in [6.45, 7) is 13.8. The summed E-state index contributed by atoms with van der Waals surface area (Å²) >= 11 is 1.53. The maximum Gasteiger partial charge on any atom is 0.262 e. The lowest BCUT2D eigenvalue weighted by Gasteiger charge is -2.35. The fraction of sp³-hybridized carbons (Fsp3) is 0.458. The molecule has 8 heteroatoms. The zero-order chi connectivity index (χ0) is 22.8. The zero-order valence-electron chi connectivity index (χ0n) is 19.3. The van der Waals surface area contributed by atoms with Gasteiger partial charge in [0.25, 0.3) is 5.56 Å². The lowest BCUT2D eigenvalue weighted by molar-refractivity contribution is -0.116. The van der Waals surface area contributed by atoms with Crippen molar-refractivity contribution in [2.75, 3.05) is 42.9 Å². The van der Waals surface area contributed by atoms with Crippen LogP contribution in [0.25, 0.3) is 10.2 Å². The third-order valence-electron chi connectivity index (χ3n) is 6.40. The van der Waals surface area contributed by atoms with Crippen LogP contribution in [0, 0.1) is 20.8 Å². The summed E-state index contributed by atoms with van der Waals surface area (Å²) in [4.78, 5) is 36.5. The molecular formula is C24H31N5O2S. The number of nitrogens with one attached hydrogen (secondary N) is 1. The summed E-state index contributed by atoms with van der Waals surface area (Å²) < 4.78 is 1.53. The van der Waals surface area contributed by atoms with Gasteiger partial charge in [-0.25, -0.2) is 4.98 Å². The standard InChI is InChI=1S/C24H31N5O2S/c1-5-27-10-12-28(13-11-27)19-6-7-20(16(2)14-19)26-21(30)8-9-29-15-25-23-22(24(29)31)17(3)18(4)32-23/h6-7,14-15H,5,8-13H2,1-4H3,(H,26,30). The molecule has 0 bridgehead atoms. The van der Waals surface area contributed by atoms with Gasteiger partial charge in [0.2, 0.25) is 5.91 Å². The topological polar surface area (TPSA) is 70.5 Å². The molecule has 0 aliphatic carbocycles. The first-order chi connectivity index (χ1) is 15.4. The summed E-state index contributed by atoms with van der Waals surface area (Å²) in [6.07, 6.45) is 1.76. The average Bonchev–Trinajstić information content (AvgIpc) is 3.09. The predicted octanol–water partition coefficient (Wildman–Crippen LogP) is 3.55. The van der Waals surface area contributed by atoms with Crippen LogP contribution in [0.4, 0.5) is 11.4 Å². The van der Waals surface area contributed by atoms with Crippen LogP contribution in [0.3, 0.4) is 0 Å². The fourth-order valence-corrected chi connectivity index (χ4v) is 5.16. The van der Waals surface area contributed by atoms with Gasteiger partial charge in [-0.15, -0.1) is 11.3 Å². The van der Waals surface area contributed by atoms with Gasteiger partial charge in [0.05, 0.1) is 11.7 Å². The number of aromatic nitrogens is 2. The maximum absolute atomic E-state index is 12.8. The van der Waals surface area contributed by atoms with Gasteiger partial charge < -0.3 is 15.1 Å². The van der Waals surface area contributed by atoms with E-state index in [4.69, 9.17) is 0 Å². The molecular weight excluding hydrogens is 422 g/mol. The second-order valence-electron chi connectivity index (χ2n) is 8.43. The van der Waals surface area contributed by atoms with E-state index in [9.17, 15) is 9.59 Å². The fourth-order valence-electron chi connectivity index (χ4n) is 4.17. The van der Waals surface area contributed by atoms with Crippen molar-refractivity contribution in [2.24, 2.45) is 0 Å². The number of anilines is 2. The average molecular weight is 454 g/mol.